The van der Waals surface area contributed by atoms with Crippen molar-refractivity contribution < 1.29 is 4.39 Å². The van der Waals surface area contributed by atoms with Gasteiger partial charge in [-0.1, -0.05) is 45.0 Å². The minimum Gasteiger partial charge on any atom is -0.353 e. The van der Waals surface area contributed by atoms with Gasteiger partial charge in [-0.2, -0.15) is 0 Å². The number of hydrogen-bond acceptors (Lipinski definition) is 1. The number of halogens is 1. The Kier molecular flexibility index (Phi) is 3.37. The van der Waals surface area contributed by atoms with Crippen molar-refractivity contribution in [1.82, 2.24) is 0 Å². The molecular formula is C16H18FN. The maximum Gasteiger partial charge on any atom is 0.146 e. The Labute approximate surface area is 108 Å². The van der Waals surface area contributed by atoms with E-state index in [1.54, 1.807) is 12.1 Å². The SMILES string of the molecule is CC(C)(C)c1ccc(Nc2ccccc2F)cc1. The zero-order valence-corrected chi connectivity index (χ0v) is 11.0. The summed E-state index contributed by atoms with van der Waals surface area (Å²) < 4.78 is 13.5. The van der Waals surface area contributed by atoms with Crippen molar-refractivity contribution in [3.63, 3.8) is 0 Å². The molecule has 0 fully saturated rings. The van der Waals surface area contributed by atoms with Crippen LogP contribution < -0.4 is 5.32 Å². The molecule has 18 heavy (non-hydrogen) atoms. The molecule has 2 aromatic rings. The number of nitrogens with one attached hydrogen (secondary N) is 1. The van der Waals surface area contributed by atoms with Gasteiger partial charge in [0.1, 0.15) is 5.82 Å². The Hall–Kier alpha value is -1.83. The van der Waals surface area contributed by atoms with Crippen molar-refractivity contribution in [1.29, 1.82) is 0 Å². The van der Waals surface area contributed by atoms with Crippen LogP contribution in [-0.4, -0.2) is 0 Å². The molecule has 94 valence electrons. The maximum absolute atomic E-state index is 13.5. The van der Waals surface area contributed by atoms with Gasteiger partial charge >= 0.3 is 0 Å². The zero-order valence-electron chi connectivity index (χ0n) is 11.0. The first-order chi connectivity index (χ1) is 8.47. The molecule has 0 spiro atoms. The highest BCUT2D eigenvalue weighted by Crippen LogP contribution is 2.25. The molecule has 0 saturated carbocycles. The third-order valence-corrected chi connectivity index (χ3v) is 2.90. The third kappa shape index (κ3) is 2.89. The Balaban J connectivity index is 2.19. The molecule has 2 aromatic carbocycles. The van der Waals surface area contributed by atoms with Crippen LogP contribution in [0.3, 0.4) is 0 Å². The first-order valence-electron chi connectivity index (χ1n) is 6.09. The molecule has 0 atom stereocenters. The minimum atomic E-state index is -0.239. The van der Waals surface area contributed by atoms with Crippen molar-refractivity contribution in [2.75, 3.05) is 5.32 Å². The second kappa shape index (κ2) is 4.81. The summed E-state index contributed by atoms with van der Waals surface area (Å²) in [5, 5.41) is 3.08. The quantitative estimate of drug-likeness (QED) is 0.793. The summed E-state index contributed by atoms with van der Waals surface area (Å²) in [5.74, 6) is -0.239. The molecule has 0 amide bonds. The van der Waals surface area contributed by atoms with Crippen LogP contribution in [0.5, 0.6) is 0 Å². The molecule has 2 heteroatoms. The van der Waals surface area contributed by atoms with E-state index in [1.807, 2.05) is 18.2 Å². The van der Waals surface area contributed by atoms with Gasteiger partial charge in [-0.15, -0.1) is 0 Å². The van der Waals surface area contributed by atoms with Gasteiger partial charge in [0.2, 0.25) is 0 Å². The predicted octanol–water partition coefficient (Wildman–Crippen LogP) is 4.87. The van der Waals surface area contributed by atoms with E-state index in [1.165, 1.54) is 11.6 Å². The Morgan fingerprint density at radius 1 is 0.889 bits per heavy atom. The average Bonchev–Trinajstić information content (AvgIpc) is 2.32. The van der Waals surface area contributed by atoms with E-state index < -0.39 is 0 Å². The van der Waals surface area contributed by atoms with Crippen molar-refractivity contribution in [3.8, 4) is 0 Å². The van der Waals surface area contributed by atoms with Gasteiger partial charge in [-0.3, -0.25) is 0 Å². The van der Waals surface area contributed by atoms with E-state index in [4.69, 9.17) is 0 Å². The maximum atomic E-state index is 13.5. The van der Waals surface area contributed by atoms with Gasteiger partial charge in [0.05, 0.1) is 5.69 Å². The third-order valence-electron chi connectivity index (χ3n) is 2.90. The molecule has 0 aliphatic heterocycles. The van der Waals surface area contributed by atoms with Crippen LogP contribution >= 0.6 is 0 Å². The lowest BCUT2D eigenvalue weighted by atomic mass is 9.87. The molecular weight excluding hydrogens is 225 g/mol. The topological polar surface area (TPSA) is 12.0 Å². The molecule has 1 N–H and O–H groups in total. The highest BCUT2D eigenvalue weighted by atomic mass is 19.1. The van der Waals surface area contributed by atoms with Crippen LogP contribution in [-0.2, 0) is 5.41 Å². The molecule has 0 heterocycles. The Morgan fingerprint density at radius 3 is 2.06 bits per heavy atom. The summed E-state index contributed by atoms with van der Waals surface area (Å²) >= 11 is 0. The van der Waals surface area contributed by atoms with Gasteiger partial charge < -0.3 is 5.32 Å². The van der Waals surface area contributed by atoms with Gasteiger partial charge in [-0.25, -0.2) is 4.39 Å². The van der Waals surface area contributed by atoms with Crippen LogP contribution in [0.2, 0.25) is 0 Å². The van der Waals surface area contributed by atoms with Gasteiger partial charge in [-0.05, 0) is 35.2 Å². The standard InChI is InChI=1S/C16H18FN/c1-16(2,3)12-8-10-13(11-9-12)18-15-7-5-4-6-14(15)17/h4-11,18H,1-3H3. The second-order valence-electron chi connectivity index (χ2n) is 5.43. The number of hydrogen-bond donors (Lipinski definition) is 1. The largest absolute Gasteiger partial charge is 0.353 e. The lowest BCUT2D eigenvalue weighted by molar-refractivity contribution is 0.590. The molecule has 2 rings (SSSR count). The monoisotopic (exact) mass is 243 g/mol. The molecule has 0 aromatic heterocycles. The van der Waals surface area contributed by atoms with Crippen LogP contribution in [0.15, 0.2) is 48.5 Å². The lowest BCUT2D eigenvalue weighted by Gasteiger charge is -2.19. The van der Waals surface area contributed by atoms with E-state index >= 15 is 0 Å². The molecule has 0 unspecified atom stereocenters. The fourth-order valence-corrected chi connectivity index (χ4v) is 1.77. The first kappa shape index (κ1) is 12.6. The zero-order chi connectivity index (χ0) is 13.2. The Bertz CT molecular complexity index is 524. The second-order valence-corrected chi connectivity index (χ2v) is 5.43. The molecule has 1 nitrogen and oxygen atoms in total. The van der Waals surface area contributed by atoms with E-state index in [0.717, 1.165) is 5.69 Å². The van der Waals surface area contributed by atoms with Crippen LogP contribution in [0, 0.1) is 5.82 Å². The molecule has 0 aliphatic carbocycles. The van der Waals surface area contributed by atoms with E-state index in [-0.39, 0.29) is 11.2 Å². The molecule has 0 radical (unpaired) electrons. The smallest absolute Gasteiger partial charge is 0.146 e. The fraction of sp³-hybridized carbons (Fsp3) is 0.250. The van der Waals surface area contributed by atoms with Crippen LogP contribution in [0.25, 0.3) is 0 Å². The van der Waals surface area contributed by atoms with Gasteiger partial charge in [0, 0.05) is 5.69 Å². The van der Waals surface area contributed by atoms with Crippen molar-refractivity contribution in [2.24, 2.45) is 0 Å². The number of anilines is 2. The minimum absolute atomic E-state index is 0.135. The summed E-state index contributed by atoms with van der Waals surface area (Å²) in [6.45, 7) is 6.52. The summed E-state index contributed by atoms with van der Waals surface area (Å²) in [7, 11) is 0. The van der Waals surface area contributed by atoms with E-state index in [0.29, 0.717) is 5.69 Å². The summed E-state index contributed by atoms with van der Waals surface area (Å²) in [4.78, 5) is 0. The van der Waals surface area contributed by atoms with Crippen molar-refractivity contribution in [2.45, 2.75) is 26.2 Å². The summed E-state index contributed by atoms with van der Waals surface area (Å²) in [6.07, 6.45) is 0. The lowest BCUT2D eigenvalue weighted by Crippen LogP contribution is -2.10. The number of para-hydroxylation sites is 1. The van der Waals surface area contributed by atoms with Crippen LogP contribution in [0.4, 0.5) is 15.8 Å². The molecule has 0 saturated heterocycles. The average molecular weight is 243 g/mol. The van der Waals surface area contributed by atoms with Gasteiger partial charge in [0.15, 0.2) is 0 Å². The van der Waals surface area contributed by atoms with Crippen LogP contribution in [0.1, 0.15) is 26.3 Å². The highest BCUT2D eigenvalue weighted by Gasteiger charge is 2.12. The van der Waals surface area contributed by atoms with Gasteiger partial charge in [0.25, 0.3) is 0 Å². The number of benzene rings is 2. The van der Waals surface area contributed by atoms with Crippen molar-refractivity contribution >= 4 is 11.4 Å². The molecule has 0 bridgehead atoms. The van der Waals surface area contributed by atoms with E-state index in [9.17, 15) is 4.39 Å². The first-order valence-corrected chi connectivity index (χ1v) is 6.09. The summed E-state index contributed by atoms with van der Waals surface area (Å²) in [5.41, 5.74) is 2.80. The Morgan fingerprint density at radius 2 is 1.50 bits per heavy atom. The normalized spacial score (nSPS) is 11.3. The molecule has 0 aliphatic rings. The fourth-order valence-electron chi connectivity index (χ4n) is 1.77. The van der Waals surface area contributed by atoms with E-state index in [2.05, 4.69) is 38.2 Å². The predicted molar refractivity (Wildman–Crippen MR) is 74.8 cm³/mol. The summed E-state index contributed by atoms with van der Waals surface area (Å²) in [6, 6.07) is 14.8. The highest BCUT2D eigenvalue weighted by molar-refractivity contribution is 5.60. The van der Waals surface area contributed by atoms with Crippen molar-refractivity contribution in [3.05, 3.63) is 59.9 Å². The number of rotatable bonds is 2.